The first-order valence-corrected chi connectivity index (χ1v) is 7.00. The van der Waals surface area contributed by atoms with Gasteiger partial charge in [0.2, 0.25) is 0 Å². The average Bonchev–Trinajstić information content (AvgIpc) is 2.41. The molecule has 19 heavy (non-hydrogen) atoms. The summed E-state index contributed by atoms with van der Waals surface area (Å²) in [6.07, 6.45) is 7.42. The van der Waals surface area contributed by atoms with Crippen LogP contribution in [0.15, 0.2) is 18.5 Å². The molecule has 1 aliphatic carbocycles. The molecule has 1 aromatic rings. The zero-order valence-corrected chi connectivity index (χ0v) is 11.4. The molecule has 0 aromatic carbocycles. The summed E-state index contributed by atoms with van der Waals surface area (Å²) in [5, 5.41) is 12.4. The number of pyridine rings is 1. The number of rotatable bonds is 5. The summed E-state index contributed by atoms with van der Waals surface area (Å²) < 4.78 is 0. The van der Waals surface area contributed by atoms with E-state index in [2.05, 4.69) is 17.2 Å². The Balaban J connectivity index is 1.70. The molecule has 0 amide bonds. The molecule has 0 spiro atoms. The van der Waals surface area contributed by atoms with Crippen LogP contribution in [-0.2, 0) is 11.3 Å². The van der Waals surface area contributed by atoms with Gasteiger partial charge in [0.05, 0.1) is 5.92 Å². The van der Waals surface area contributed by atoms with Gasteiger partial charge in [0.15, 0.2) is 0 Å². The molecule has 0 radical (unpaired) electrons. The standard InChI is InChI=1S/C15H22N2O2/c1-11-6-7-16-9-14(11)10-17-8-12-2-4-13(5-3-12)15(18)19/h6-7,9,12-13,17H,2-5,8,10H2,1H3,(H,18,19). The smallest absolute Gasteiger partial charge is 0.306 e. The third kappa shape index (κ3) is 4.03. The Morgan fingerprint density at radius 1 is 1.42 bits per heavy atom. The lowest BCUT2D eigenvalue weighted by Crippen LogP contribution is -2.28. The SMILES string of the molecule is Cc1ccncc1CNCC1CCC(C(=O)O)CC1. The minimum atomic E-state index is -0.627. The van der Waals surface area contributed by atoms with Gasteiger partial charge in [-0.25, -0.2) is 0 Å². The first-order valence-electron chi connectivity index (χ1n) is 7.00. The van der Waals surface area contributed by atoms with Gasteiger partial charge in [-0.3, -0.25) is 9.78 Å². The van der Waals surface area contributed by atoms with Gasteiger partial charge in [-0.15, -0.1) is 0 Å². The highest BCUT2D eigenvalue weighted by molar-refractivity contribution is 5.69. The van der Waals surface area contributed by atoms with Crippen molar-refractivity contribution in [2.24, 2.45) is 11.8 Å². The van der Waals surface area contributed by atoms with Crippen molar-refractivity contribution in [2.75, 3.05) is 6.54 Å². The second-order valence-corrected chi connectivity index (χ2v) is 5.49. The summed E-state index contributed by atoms with van der Waals surface area (Å²) in [7, 11) is 0. The number of aliphatic carboxylic acids is 1. The van der Waals surface area contributed by atoms with Crippen molar-refractivity contribution in [1.29, 1.82) is 0 Å². The van der Waals surface area contributed by atoms with Crippen LogP contribution < -0.4 is 5.32 Å². The summed E-state index contributed by atoms with van der Waals surface area (Å²) in [4.78, 5) is 15.0. The van der Waals surface area contributed by atoms with Gasteiger partial charge in [-0.1, -0.05) is 0 Å². The summed E-state index contributed by atoms with van der Waals surface area (Å²) in [6.45, 7) is 3.91. The topological polar surface area (TPSA) is 62.2 Å². The molecular formula is C15H22N2O2. The highest BCUT2D eigenvalue weighted by atomic mass is 16.4. The van der Waals surface area contributed by atoms with Crippen molar-refractivity contribution in [3.05, 3.63) is 29.6 Å². The first-order chi connectivity index (χ1) is 9.16. The summed E-state index contributed by atoms with van der Waals surface area (Å²) in [5.74, 6) is -0.123. The van der Waals surface area contributed by atoms with E-state index in [1.54, 1.807) is 0 Å². The second-order valence-electron chi connectivity index (χ2n) is 5.49. The van der Waals surface area contributed by atoms with E-state index in [4.69, 9.17) is 5.11 Å². The van der Waals surface area contributed by atoms with Crippen molar-refractivity contribution < 1.29 is 9.90 Å². The van der Waals surface area contributed by atoms with Crippen molar-refractivity contribution in [3.63, 3.8) is 0 Å². The number of carboxylic acid groups (broad SMARTS) is 1. The van der Waals surface area contributed by atoms with E-state index in [1.807, 2.05) is 18.5 Å². The Labute approximate surface area is 114 Å². The first kappa shape index (κ1) is 14.0. The van der Waals surface area contributed by atoms with E-state index < -0.39 is 5.97 Å². The maximum atomic E-state index is 10.9. The number of carbonyl (C=O) groups is 1. The Kier molecular flexibility index (Phi) is 4.91. The molecule has 0 bridgehead atoms. The molecule has 1 aliphatic rings. The normalized spacial score (nSPS) is 23.2. The number of nitrogens with one attached hydrogen (secondary N) is 1. The fourth-order valence-electron chi connectivity index (χ4n) is 2.71. The van der Waals surface area contributed by atoms with Crippen LogP contribution in [0.3, 0.4) is 0 Å². The molecule has 104 valence electrons. The lowest BCUT2D eigenvalue weighted by atomic mass is 9.82. The minimum Gasteiger partial charge on any atom is -0.481 e. The van der Waals surface area contributed by atoms with Crippen LogP contribution in [0.4, 0.5) is 0 Å². The molecule has 0 saturated heterocycles. The van der Waals surface area contributed by atoms with Crippen LogP contribution in [0.5, 0.6) is 0 Å². The van der Waals surface area contributed by atoms with E-state index in [9.17, 15) is 4.79 Å². The summed E-state index contributed by atoms with van der Waals surface area (Å²) >= 11 is 0. The molecule has 0 aliphatic heterocycles. The summed E-state index contributed by atoms with van der Waals surface area (Å²) in [5.41, 5.74) is 2.50. The van der Waals surface area contributed by atoms with Crippen LogP contribution in [0, 0.1) is 18.8 Å². The molecular weight excluding hydrogens is 240 g/mol. The van der Waals surface area contributed by atoms with Crippen LogP contribution >= 0.6 is 0 Å². The Bertz CT molecular complexity index is 426. The fraction of sp³-hybridized carbons (Fsp3) is 0.600. The van der Waals surface area contributed by atoms with Crippen molar-refractivity contribution >= 4 is 5.97 Å². The number of aromatic nitrogens is 1. The van der Waals surface area contributed by atoms with Crippen molar-refractivity contribution in [1.82, 2.24) is 10.3 Å². The van der Waals surface area contributed by atoms with Crippen LogP contribution in [0.1, 0.15) is 36.8 Å². The van der Waals surface area contributed by atoms with Gasteiger partial charge in [-0.2, -0.15) is 0 Å². The predicted molar refractivity (Wildman–Crippen MR) is 73.8 cm³/mol. The molecule has 2 N–H and O–H groups in total. The highest BCUT2D eigenvalue weighted by Gasteiger charge is 2.25. The van der Waals surface area contributed by atoms with Crippen molar-refractivity contribution in [2.45, 2.75) is 39.2 Å². The largest absolute Gasteiger partial charge is 0.481 e. The average molecular weight is 262 g/mol. The quantitative estimate of drug-likeness (QED) is 0.855. The second kappa shape index (κ2) is 6.66. The van der Waals surface area contributed by atoms with Gasteiger partial charge >= 0.3 is 5.97 Å². The molecule has 4 heteroatoms. The predicted octanol–water partition coefficient (Wildman–Crippen LogP) is 2.37. The van der Waals surface area contributed by atoms with Gasteiger partial charge in [-0.05, 0) is 62.3 Å². The van der Waals surface area contributed by atoms with E-state index in [-0.39, 0.29) is 5.92 Å². The molecule has 0 unspecified atom stereocenters. The van der Waals surface area contributed by atoms with Gasteiger partial charge < -0.3 is 10.4 Å². The molecule has 1 saturated carbocycles. The number of hydrogen-bond acceptors (Lipinski definition) is 3. The Morgan fingerprint density at radius 2 is 2.16 bits per heavy atom. The number of aryl methyl sites for hydroxylation is 1. The Morgan fingerprint density at radius 3 is 2.79 bits per heavy atom. The fourth-order valence-corrected chi connectivity index (χ4v) is 2.71. The van der Waals surface area contributed by atoms with E-state index in [1.165, 1.54) is 11.1 Å². The van der Waals surface area contributed by atoms with Gasteiger partial charge in [0.1, 0.15) is 0 Å². The van der Waals surface area contributed by atoms with Gasteiger partial charge in [0.25, 0.3) is 0 Å². The van der Waals surface area contributed by atoms with Gasteiger partial charge in [0, 0.05) is 18.9 Å². The van der Waals surface area contributed by atoms with E-state index >= 15 is 0 Å². The maximum absolute atomic E-state index is 10.9. The Hall–Kier alpha value is -1.42. The number of nitrogens with zero attached hydrogens (tertiary/aromatic N) is 1. The highest BCUT2D eigenvalue weighted by Crippen LogP contribution is 2.28. The molecule has 1 aromatic heterocycles. The van der Waals surface area contributed by atoms with E-state index in [0.717, 1.165) is 38.8 Å². The molecule has 1 fully saturated rings. The maximum Gasteiger partial charge on any atom is 0.306 e. The molecule has 2 rings (SSSR count). The molecule has 0 atom stereocenters. The van der Waals surface area contributed by atoms with Crippen molar-refractivity contribution in [3.8, 4) is 0 Å². The molecule has 1 heterocycles. The molecule has 4 nitrogen and oxygen atoms in total. The zero-order valence-electron chi connectivity index (χ0n) is 11.4. The van der Waals surface area contributed by atoms with Crippen LogP contribution in [0.25, 0.3) is 0 Å². The number of hydrogen-bond donors (Lipinski definition) is 2. The monoisotopic (exact) mass is 262 g/mol. The summed E-state index contributed by atoms with van der Waals surface area (Å²) in [6, 6.07) is 2.02. The zero-order chi connectivity index (χ0) is 13.7. The lowest BCUT2D eigenvalue weighted by Gasteiger charge is -2.26. The number of carboxylic acids is 1. The van der Waals surface area contributed by atoms with Crippen LogP contribution in [-0.4, -0.2) is 22.6 Å². The third-order valence-electron chi connectivity index (χ3n) is 4.09. The minimum absolute atomic E-state index is 0.114. The van der Waals surface area contributed by atoms with Crippen LogP contribution in [0.2, 0.25) is 0 Å². The lowest BCUT2D eigenvalue weighted by molar-refractivity contribution is -0.143. The van der Waals surface area contributed by atoms with E-state index in [0.29, 0.717) is 5.92 Å². The third-order valence-corrected chi connectivity index (χ3v) is 4.09.